The molecule has 2 aliphatic rings. The van der Waals surface area contributed by atoms with Gasteiger partial charge in [0.25, 0.3) is 0 Å². The number of nitrogens with zero attached hydrogens (tertiary/aromatic N) is 4. The summed E-state index contributed by atoms with van der Waals surface area (Å²) < 4.78 is 29.8. The van der Waals surface area contributed by atoms with Crippen LogP contribution >= 0.6 is 0 Å². The van der Waals surface area contributed by atoms with Crippen molar-refractivity contribution >= 4 is 10.0 Å². The summed E-state index contributed by atoms with van der Waals surface area (Å²) in [6.07, 6.45) is 3.61. The molecule has 8 heteroatoms. The highest BCUT2D eigenvalue weighted by Gasteiger charge is 2.32. The highest BCUT2D eigenvalue weighted by atomic mass is 32.2. The number of piperidine rings is 1. The number of benzene rings is 1. The SMILES string of the molecule is CCCc1ccc(S(=O)(=O)N2CCC(c3nnc4n3CCNC4)CC2)cc1. The molecule has 1 fully saturated rings. The number of sulfonamides is 1. The van der Waals surface area contributed by atoms with Gasteiger partial charge in [0.2, 0.25) is 10.0 Å². The number of rotatable bonds is 5. The Balaban J connectivity index is 1.44. The van der Waals surface area contributed by atoms with Crippen LogP contribution < -0.4 is 5.32 Å². The van der Waals surface area contributed by atoms with E-state index >= 15 is 0 Å². The fourth-order valence-corrected chi connectivity index (χ4v) is 5.51. The molecular weight excluding hydrogens is 362 g/mol. The summed E-state index contributed by atoms with van der Waals surface area (Å²) in [6.45, 7) is 5.76. The van der Waals surface area contributed by atoms with Crippen LogP contribution in [0.15, 0.2) is 29.2 Å². The predicted octanol–water partition coefficient (Wildman–Crippen LogP) is 1.90. The minimum Gasteiger partial charge on any atom is -0.312 e. The van der Waals surface area contributed by atoms with Gasteiger partial charge in [0, 0.05) is 32.1 Å². The Labute approximate surface area is 160 Å². The minimum absolute atomic E-state index is 0.280. The number of aromatic nitrogens is 3. The Kier molecular flexibility index (Phi) is 5.29. The van der Waals surface area contributed by atoms with Crippen LogP contribution in [0.5, 0.6) is 0 Å². The van der Waals surface area contributed by atoms with E-state index in [0.717, 1.165) is 57.0 Å². The molecule has 1 aromatic carbocycles. The molecule has 2 aliphatic heterocycles. The molecule has 146 valence electrons. The third kappa shape index (κ3) is 3.66. The molecule has 2 aromatic rings. The number of hydrogen-bond donors (Lipinski definition) is 1. The van der Waals surface area contributed by atoms with E-state index < -0.39 is 10.0 Å². The molecule has 0 bridgehead atoms. The Morgan fingerprint density at radius 2 is 1.85 bits per heavy atom. The highest BCUT2D eigenvalue weighted by Crippen LogP contribution is 2.30. The maximum Gasteiger partial charge on any atom is 0.243 e. The van der Waals surface area contributed by atoms with Gasteiger partial charge in [-0.3, -0.25) is 0 Å². The molecule has 7 nitrogen and oxygen atoms in total. The van der Waals surface area contributed by atoms with E-state index in [2.05, 4.69) is 27.0 Å². The van der Waals surface area contributed by atoms with Crippen LogP contribution in [-0.4, -0.2) is 47.1 Å². The van der Waals surface area contributed by atoms with Crippen LogP contribution in [0.25, 0.3) is 0 Å². The third-order valence-corrected chi connectivity index (χ3v) is 7.48. The normalized spacial score (nSPS) is 19.1. The topological polar surface area (TPSA) is 80.1 Å². The standard InChI is InChI=1S/C19H27N5O2S/c1-2-3-15-4-6-17(7-5-15)27(25,26)23-11-8-16(9-12-23)19-22-21-18-14-20-10-13-24(18)19/h4-7,16,20H,2-3,8-14H2,1H3. The van der Waals surface area contributed by atoms with Crippen molar-refractivity contribution in [3.8, 4) is 0 Å². The first-order valence-electron chi connectivity index (χ1n) is 9.81. The van der Waals surface area contributed by atoms with Crippen molar-refractivity contribution in [3.63, 3.8) is 0 Å². The Hall–Kier alpha value is -1.77. The van der Waals surface area contributed by atoms with Crippen molar-refractivity contribution in [3.05, 3.63) is 41.5 Å². The molecule has 0 atom stereocenters. The lowest BCUT2D eigenvalue weighted by molar-refractivity contribution is 0.307. The van der Waals surface area contributed by atoms with E-state index in [1.165, 1.54) is 5.56 Å². The van der Waals surface area contributed by atoms with Gasteiger partial charge >= 0.3 is 0 Å². The maximum absolute atomic E-state index is 13.0. The van der Waals surface area contributed by atoms with Gasteiger partial charge in [-0.25, -0.2) is 8.42 Å². The summed E-state index contributed by atoms with van der Waals surface area (Å²) in [7, 11) is -3.42. The van der Waals surface area contributed by atoms with Gasteiger partial charge in [-0.15, -0.1) is 10.2 Å². The van der Waals surface area contributed by atoms with Crippen molar-refractivity contribution in [1.82, 2.24) is 24.4 Å². The molecule has 1 aromatic heterocycles. The Morgan fingerprint density at radius 1 is 1.11 bits per heavy atom. The molecule has 1 saturated heterocycles. The zero-order chi connectivity index (χ0) is 18.9. The van der Waals surface area contributed by atoms with Crippen LogP contribution in [0.4, 0.5) is 0 Å². The van der Waals surface area contributed by atoms with Gasteiger partial charge in [0.15, 0.2) is 0 Å². The smallest absolute Gasteiger partial charge is 0.243 e. The largest absolute Gasteiger partial charge is 0.312 e. The van der Waals surface area contributed by atoms with Gasteiger partial charge in [0.05, 0.1) is 11.4 Å². The van der Waals surface area contributed by atoms with E-state index in [1.54, 1.807) is 16.4 Å². The Morgan fingerprint density at radius 3 is 2.56 bits per heavy atom. The molecule has 0 radical (unpaired) electrons. The van der Waals surface area contributed by atoms with Crippen LogP contribution in [0.3, 0.4) is 0 Å². The summed E-state index contributed by atoms with van der Waals surface area (Å²) in [6, 6.07) is 7.35. The van der Waals surface area contributed by atoms with E-state index in [9.17, 15) is 8.42 Å². The van der Waals surface area contributed by atoms with Crippen LogP contribution in [0, 0.1) is 0 Å². The predicted molar refractivity (Wildman–Crippen MR) is 103 cm³/mol. The molecule has 0 amide bonds. The number of fused-ring (bicyclic) bond motifs is 1. The van der Waals surface area contributed by atoms with Crippen LogP contribution in [0.2, 0.25) is 0 Å². The minimum atomic E-state index is -3.42. The summed E-state index contributed by atoms with van der Waals surface area (Å²) in [4.78, 5) is 0.395. The zero-order valence-corrected chi connectivity index (χ0v) is 16.6. The van der Waals surface area contributed by atoms with Crippen molar-refractivity contribution < 1.29 is 8.42 Å². The summed E-state index contributed by atoms with van der Waals surface area (Å²) in [5.41, 5.74) is 1.18. The number of nitrogens with one attached hydrogen (secondary N) is 1. The fraction of sp³-hybridized carbons (Fsp3) is 0.579. The van der Waals surface area contributed by atoms with Crippen molar-refractivity contribution in [2.75, 3.05) is 19.6 Å². The first-order chi connectivity index (χ1) is 13.1. The number of hydrogen-bond acceptors (Lipinski definition) is 5. The lowest BCUT2D eigenvalue weighted by Gasteiger charge is -2.31. The quantitative estimate of drug-likeness (QED) is 0.845. The van der Waals surface area contributed by atoms with Gasteiger partial charge in [-0.1, -0.05) is 25.5 Å². The van der Waals surface area contributed by atoms with Gasteiger partial charge in [-0.05, 0) is 37.0 Å². The molecule has 0 aliphatic carbocycles. The monoisotopic (exact) mass is 389 g/mol. The average molecular weight is 390 g/mol. The first-order valence-corrected chi connectivity index (χ1v) is 11.3. The van der Waals surface area contributed by atoms with E-state index in [-0.39, 0.29) is 5.92 Å². The molecule has 0 saturated carbocycles. The molecule has 4 rings (SSSR count). The third-order valence-electron chi connectivity index (χ3n) is 5.57. The molecular formula is C19H27N5O2S. The second-order valence-corrected chi connectivity index (χ2v) is 9.31. The summed E-state index contributed by atoms with van der Waals surface area (Å²) in [5.74, 6) is 2.29. The van der Waals surface area contributed by atoms with Crippen LogP contribution in [0.1, 0.15) is 49.3 Å². The lowest BCUT2D eigenvalue weighted by Crippen LogP contribution is -2.38. The van der Waals surface area contributed by atoms with Crippen LogP contribution in [-0.2, 0) is 29.5 Å². The van der Waals surface area contributed by atoms with Gasteiger partial charge in [-0.2, -0.15) is 4.31 Å². The van der Waals surface area contributed by atoms with E-state index in [4.69, 9.17) is 0 Å². The average Bonchev–Trinajstić information content (AvgIpc) is 3.13. The molecule has 0 spiro atoms. The number of aryl methyl sites for hydroxylation is 1. The molecule has 1 N–H and O–H groups in total. The first kappa shape index (κ1) is 18.6. The molecule has 27 heavy (non-hydrogen) atoms. The molecule has 3 heterocycles. The van der Waals surface area contributed by atoms with E-state index in [0.29, 0.717) is 18.0 Å². The second-order valence-electron chi connectivity index (χ2n) is 7.38. The lowest BCUT2D eigenvalue weighted by atomic mass is 9.97. The second kappa shape index (κ2) is 7.69. The zero-order valence-electron chi connectivity index (χ0n) is 15.8. The van der Waals surface area contributed by atoms with Crippen molar-refractivity contribution in [2.45, 2.75) is 56.5 Å². The van der Waals surface area contributed by atoms with Crippen molar-refractivity contribution in [1.29, 1.82) is 0 Å². The summed E-state index contributed by atoms with van der Waals surface area (Å²) in [5, 5.41) is 12.0. The summed E-state index contributed by atoms with van der Waals surface area (Å²) >= 11 is 0. The highest BCUT2D eigenvalue weighted by molar-refractivity contribution is 7.89. The van der Waals surface area contributed by atoms with Crippen molar-refractivity contribution in [2.24, 2.45) is 0 Å². The maximum atomic E-state index is 13.0. The van der Waals surface area contributed by atoms with Gasteiger partial charge < -0.3 is 9.88 Å². The molecule has 0 unspecified atom stereocenters. The van der Waals surface area contributed by atoms with Gasteiger partial charge in [0.1, 0.15) is 11.6 Å². The fourth-order valence-electron chi connectivity index (χ4n) is 4.04. The Bertz CT molecular complexity index is 883. The van der Waals surface area contributed by atoms with E-state index in [1.807, 2.05) is 12.1 Å².